The summed E-state index contributed by atoms with van der Waals surface area (Å²) in [5.74, 6) is -0.707. The normalized spacial score (nSPS) is 32.5. The van der Waals surface area contributed by atoms with Crippen LogP contribution in [-0.2, 0) is 48.7 Å². The molecule has 2 saturated carbocycles. The number of allylic oxidation sites excluding steroid dienone is 1. The zero-order chi connectivity index (χ0) is 38.0. The van der Waals surface area contributed by atoms with Crippen LogP contribution in [0.25, 0.3) is 0 Å². The van der Waals surface area contributed by atoms with Crippen molar-refractivity contribution in [3.63, 3.8) is 0 Å². The van der Waals surface area contributed by atoms with E-state index in [1.165, 1.54) is 14.2 Å². The van der Waals surface area contributed by atoms with Gasteiger partial charge in [-0.1, -0.05) is 77.8 Å². The molecule has 0 N–H and O–H groups in total. The third-order valence-corrected chi connectivity index (χ3v) is 23.2. The Morgan fingerprint density at radius 3 is 2.00 bits per heavy atom. The maximum atomic E-state index is 14.8. The summed E-state index contributed by atoms with van der Waals surface area (Å²) in [5.41, 5.74) is -0.194. The Bertz CT molecular complexity index is 1480. The molecule has 1 aromatic rings. The van der Waals surface area contributed by atoms with E-state index < -0.39 is 63.3 Å². The Balaban J connectivity index is 1.83. The van der Waals surface area contributed by atoms with Crippen molar-refractivity contribution in [2.45, 2.75) is 129 Å². The van der Waals surface area contributed by atoms with Crippen LogP contribution in [0.15, 0.2) is 41.7 Å². The largest absolute Gasteiger partial charge is 0.485 e. The monoisotopic (exact) mass is 754 g/mol. The predicted molar refractivity (Wildman–Crippen MR) is 205 cm³/mol. The molecular formula is C41H62O9Si2. The molecule has 0 amide bonds. The number of benzene rings is 1. The Kier molecular flexibility index (Phi) is 12.6. The molecule has 3 aliphatic carbocycles. The molecule has 1 aliphatic heterocycles. The number of esters is 2. The molecule has 1 aromatic carbocycles. The van der Waals surface area contributed by atoms with E-state index in [4.69, 9.17) is 39.0 Å². The number of ether oxygens (including phenoxy) is 5. The van der Waals surface area contributed by atoms with Crippen LogP contribution in [-0.4, -0.2) is 74.0 Å². The number of methoxy groups -OCH3 is 2. The van der Waals surface area contributed by atoms with Gasteiger partial charge in [0.1, 0.15) is 12.4 Å². The molecule has 3 fully saturated rings. The van der Waals surface area contributed by atoms with Crippen LogP contribution in [0.3, 0.4) is 0 Å². The lowest BCUT2D eigenvalue weighted by Gasteiger charge is -2.63. The van der Waals surface area contributed by atoms with Gasteiger partial charge in [-0.3, -0.25) is 4.79 Å². The van der Waals surface area contributed by atoms with Crippen molar-refractivity contribution in [2.75, 3.05) is 27.4 Å². The van der Waals surface area contributed by atoms with Gasteiger partial charge in [0, 0.05) is 11.3 Å². The van der Waals surface area contributed by atoms with E-state index in [1.54, 1.807) is 0 Å². The zero-order valence-electron chi connectivity index (χ0n) is 33.0. The molecule has 0 radical (unpaired) electrons. The maximum Gasteiger partial charge on any atom is 0.367 e. The van der Waals surface area contributed by atoms with Crippen molar-refractivity contribution >= 4 is 28.6 Å². The predicted octanol–water partition coefficient (Wildman–Crippen LogP) is 8.01. The van der Waals surface area contributed by atoms with Crippen LogP contribution in [0.5, 0.6) is 0 Å². The lowest BCUT2D eigenvalue weighted by Crippen LogP contribution is -2.70. The molecule has 52 heavy (non-hydrogen) atoms. The molecule has 1 saturated heterocycles. The molecule has 5 rings (SSSR count). The van der Waals surface area contributed by atoms with Crippen molar-refractivity contribution in [3.05, 3.63) is 47.2 Å². The fourth-order valence-electron chi connectivity index (χ4n) is 10.9. The first-order valence-corrected chi connectivity index (χ1v) is 24.6. The standard InChI is InChI=1S/C41H62O9Si2/c1-11-25-46-34-29(8)35-40(28-48-41(35,38(43)45-10)47-27-30-21-19-18-20-22-30)33(50-52(15-5,16-6)17-7)26-32(49-51(12-2,13-3)14-4)39(37(42)44-9)24-23-31(34)36(39)40/h1,18-22,31-33,35-36H,12-17,23-28H2,2-10H3/t31-,32+,33-,35-,36-,39-,40+,41-/m0/s1. The molecule has 0 aromatic heterocycles. The highest BCUT2D eigenvalue weighted by Crippen LogP contribution is 2.74. The van der Waals surface area contributed by atoms with Crippen molar-refractivity contribution < 1.29 is 42.1 Å². The summed E-state index contributed by atoms with van der Waals surface area (Å²) in [7, 11) is -1.72. The first-order chi connectivity index (χ1) is 25.0. The second-order valence-corrected chi connectivity index (χ2v) is 24.8. The molecule has 0 bridgehead atoms. The lowest BCUT2D eigenvalue weighted by atomic mass is 9.45. The summed E-state index contributed by atoms with van der Waals surface area (Å²) in [6.07, 6.45) is 6.68. The van der Waals surface area contributed by atoms with E-state index in [9.17, 15) is 9.59 Å². The Hall–Kier alpha value is -2.47. The third kappa shape index (κ3) is 6.23. The van der Waals surface area contributed by atoms with Gasteiger partial charge in [-0.2, -0.15) is 0 Å². The summed E-state index contributed by atoms with van der Waals surface area (Å²) < 4.78 is 46.8. The SMILES string of the molecule is C#CCOC1=C(C)[C@@H]2[C@@](OCc3ccccc3)(C(=O)OC)OC[C@@]23[C@@H](O[Si](CC)(CC)CC)C[C@@H](O[Si](CC)(CC)CC)[C@@]2(C(=O)OC)CC[C@@H]1[C@@H]23. The fraction of sp³-hybridized carbons (Fsp3) is 0.707. The number of carbonyl (C=O) groups excluding carboxylic acids is 2. The maximum absolute atomic E-state index is 14.8. The van der Waals surface area contributed by atoms with Gasteiger partial charge in [-0.25, -0.2) is 4.79 Å². The van der Waals surface area contributed by atoms with Crippen molar-refractivity contribution in [1.82, 2.24) is 0 Å². The summed E-state index contributed by atoms with van der Waals surface area (Å²) in [5, 5.41) is 0. The quantitative estimate of drug-likeness (QED) is 0.0890. The average molecular weight is 755 g/mol. The second kappa shape index (κ2) is 16.1. The second-order valence-electron chi connectivity index (χ2n) is 15.4. The van der Waals surface area contributed by atoms with E-state index in [2.05, 4.69) is 47.5 Å². The van der Waals surface area contributed by atoms with Gasteiger partial charge in [0.15, 0.2) is 16.6 Å². The molecule has 288 valence electrons. The molecule has 8 atom stereocenters. The van der Waals surface area contributed by atoms with Gasteiger partial charge >= 0.3 is 11.9 Å². The summed E-state index contributed by atoms with van der Waals surface area (Å²) >= 11 is 0. The van der Waals surface area contributed by atoms with Gasteiger partial charge in [0.05, 0.1) is 51.0 Å². The zero-order valence-corrected chi connectivity index (χ0v) is 35.0. The van der Waals surface area contributed by atoms with Gasteiger partial charge in [-0.15, -0.1) is 6.42 Å². The highest BCUT2D eigenvalue weighted by Gasteiger charge is 2.81. The summed E-state index contributed by atoms with van der Waals surface area (Å²) in [6.45, 7) is 15.7. The van der Waals surface area contributed by atoms with E-state index in [0.29, 0.717) is 25.0 Å². The molecule has 0 unspecified atom stereocenters. The van der Waals surface area contributed by atoms with Gasteiger partial charge in [-0.05, 0) is 79.5 Å². The molecule has 4 aliphatic rings. The van der Waals surface area contributed by atoms with Gasteiger partial charge in [0.2, 0.25) is 0 Å². The first-order valence-electron chi connectivity index (χ1n) is 19.6. The van der Waals surface area contributed by atoms with E-state index in [0.717, 1.165) is 47.4 Å². The Morgan fingerprint density at radius 1 is 0.885 bits per heavy atom. The van der Waals surface area contributed by atoms with Crippen LogP contribution < -0.4 is 0 Å². The van der Waals surface area contributed by atoms with Crippen LogP contribution in [0.2, 0.25) is 36.3 Å². The van der Waals surface area contributed by atoms with Crippen molar-refractivity contribution in [3.8, 4) is 12.3 Å². The van der Waals surface area contributed by atoms with E-state index in [1.807, 2.05) is 37.3 Å². The van der Waals surface area contributed by atoms with Gasteiger partial charge in [0.25, 0.3) is 5.79 Å². The number of rotatable bonds is 17. The first kappa shape index (κ1) is 40.7. The summed E-state index contributed by atoms with van der Waals surface area (Å²) in [4.78, 5) is 29.2. The minimum atomic E-state index is -2.30. The number of carbonyl (C=O) groups is 2. The molecule has 11 heteroatoms. The number of terminal acetylenes is 1. The lowest BCUT2D eigenvalue weighted by molar-refractivity contribution is -0.248. The molecule has 1 heterocycles. The van der Waals surface area contributed by atoms with E-state index in [-0.39, 0.29) is 31.7 Å². The average Bonchev–Trinajstić information content (AvgIpc) is 3.76. The molecule has 1 spiro atoms. The highest BCUT2D eigenvalue weighted by atomic mass is 28.4. The smallest absolute Gasteiger partial charge is 0.367 e. The minimum absolute atomic E-state index is 0.0483. The third-order valence-electron chi connectivity index (χ3n) is 13.9. The Labute approximate surface area is 314 Å². The van der Waals surface area contributed by atoms with Crippen molar-refractivity contribution in [1.29, 1.82) is 0 Å². The minimum Gasteiger partial charge on any atom is -0.485 e. The van der Waals surface area contributed by atoms with Gasteiger partial charge < -0.3 is 32.5 Å². The topological polar surface area (TPSA) is 98.8 Å². The fourth-order valence-corrected chi connectivity index (χ4v) is 16.7. The van der Waals surface area contributed by atoms with Crippen LogP contribution in [0.1, 0.15) is 73.3 Å². The number of hydrogen-bond acceptors (Lipinski definition) is 9. The van der Waals surface area contributed by atoms with Crippen LogP contribution in [0, 0.1) is 40.9 Å². The summed E-state index contributed by atoms with van der Waals surface area (Å²) in [6, 6.07) is 15.4. The van der Waals surface area contributed by atoms with Crippen LogP contribution in [0.4, 0.5) is 0 Å². The Morgan fingerprint density at radius 2 is 1.46 bits per heavy atom. The number of hydrogen-bond donors (Lipinski definition) is 0. The molecular weight excluding hydrogens is 693 g/mol. The highest BCUT2D eigenvalue weighted by molar-refractivity contribution is 6.74. The van der Waals surface area contributed by atoms with Crippen molar-refractivity contribution in [2.24, 2.45) is 28.6 Å². The van der Waals surface area contributed by atoms with E-state index >= 15 is 0 Å². The van der Waals surface area contributed by atoms with Crippen LogP contribution >= 0.6 is 0 Å². The molecule has 9 nitrogen and oxygen atoms in total.